The third-order valence-corrected chi connectivity index (χ3v) is 2.88. The number of nitrogens with zero attached hydrogens (tertiary/aromatic N) is 3. The molecule has 96 valence electrons. The van der Waals surface area contributed by atoms with Crippen molar-refractivity contribution < 1.29 is 0 Å². The molecule has 0 saturated heterocycles. The summed E-state index contributed by atoms with van der Waals surface area (Å²) >= 11 is 0. The zero-order chi connectivity index (χ0) is 13.0. The number of hydrogen-bond acceptors (Lipinski definition) is 3. The first-order chi connectivity index (χ1) is 8.66. The normalized spacial score (nSPS) is 10.9. The predicted molar refractivity (Wildman–Crippen MR) is 74.4 cm³/mol. The molecular weight excluding hydrogens is 224 g/mol. The summed E-state index contributed by atoms with van der Waals surface area (Å²) in [5.41, 5.74) is 3.67. The maximum atomic E-state index is 4.12. The fourth-order valence-corrected chi connectivity index (χ4v) is 1.91. The van der Waals surface area contributed by atoms with Gasteiger partial charge in [0.2, 0.25) is 0 Å². The molecule has 0 aliphatic heterocycles. The Labute approximate surface area is 108 Å². The molecule has 18 heavy (non-hydrogen) atoms. The van der Waals surface area contributed by atoms with E-state index in [9.17, 15) is 0 Å². The summed E-state index contributed by atoms with van der Waals surface area (Å²) < 4.78 is 2.03. The maximum absolute atomic E-state index is 4.12. The van der Waals surface area contributed by atoms with Gasteiger partial charge in [-0.15, -0.1) is 0 Å². The predicted octanol–water partition coefficient (Wildman–Crippen LogP) is 2.09. The third-order valence-electron chi connectivity index (χ3n) is 2.88. The van der Waals surface area contributed by atoms with Crippen LogP contribution >= 0.6 is 0 Å². The van der Waals surface area contributed by atoms with Gasteiger partial charge in [-0.2, -0.15) is 0 Å². The van der Waals surface area contributed by atoms with Gasteiger partial charge in [0.1, 0.15) is 0 Å². The number of benzene rings is 1. The van der Waals surface area contributed by atoms with Crippen LogP contribution in [0.3, 0.4) is 0 Å². The smallest absolute Gasteiger partial charge is 0.0946 e. The van der Waals surface area contributed by atoms with E-state index in [1.807, 2.05) is 24.1 Å². The SMILES string of the molecule is CN(C)Cc1ccccc1NCc1cncn1C. The van der Waals surface area contributed by atoms with Crippen LogP contribution in [0.1, 0.15) is 11.3 Å². The van der Waals surface area contributed by atoms with Gasteiger partial charge in [-0.1, -0.05) is 18.2 Å². The zero-order valence-electron chi connectivity index (χ0n) is 11.2. The fourth-order valence-electron chi connectivity index (χ4n) is 1.91. The van der Waals surface area contributed by atoms with Crippen molar-refractivity contribution in [1.29, 1.82) is 0 Å². The van der Waals surface area contributed by atoms with Gasteiger partial charge in [-0.3, -0.25) is 0 Å². The zero-order valence-corrected chi connectivity index (χ0v) is 11.2. The average molecular weight is 244 g/mol. The molecule has 0 aliphatic rings. The summed E-state index contributed by atoms with van der Waals surface area (Å²) in [6, 6.07) is 8.42. The molecule has 0 amide bonds. The van der Waals surface area contributed by atoms with Crippen molar-refractivity contribution in [2.45, 2.75) is 13.1 Å². The molecule has 2 aromatic rings. The van der Waals surface area contributed by atoms with Gasteiger partial charge in [0, 0.05) is 25.5 Å². The Balaban J connectivity index is 2.07. The second kappa shape index (κ2) is 5.69. The summed E-state index contributed by atoms with van der Waals surface area (Å²) in [6.45, 7) is 1.73. The summed E-state index contributed by atoms with van der Waals surface area (Å²) in [4.78, 5) is 6.29. The lowest BCUT2D eigenvalue weighted by Crippen LogP contribution is -2.13. The lowest BCUT2D eigenvalue weighted by atomic mass is 10.1. The number of imidazole rings is 1. The summed E-state index contributed by atoms with van der Waals surface area (Å²) in [5.74, 6) is 0. The Hall–Kier alpha value is -1.81. The molecule has 0 unspecified atom stereocenters. The van der Waals surface area contributed by atoms with Crippen molar-refractivity contribution in [2.24, 2.45) is 7.05 Å². The largest absolute Gasteiger partial charge is 0.379 e. The Morgan fingerprint density at radius 3 is 2.72 bits per heavy atom. The number of anilines is 1. The van der Waals surface area contributed by atoms with Gasteiger partial charge in [0.15, 0.2) is 0 Å². The minimum atomic E-state index is 0.793. The van der Waals surface area contributed by atoms with E-state index in [4.69, 9.17) is 0 Å². The first-order valence-electron chi connectivity index (χ1n) is 6.08. The molecule has 4 nitrogen and oxygen atoms in total. The van der Waals surface area contributed by atoms with Crippen molar-refractivity contribution in [3.05, 3.63) is 48.0 Å². The topological polar surface area (TPSA) is 33.1 Å². The standard InChI is InChI=1S/C14H20N4/c1-17(2)10-12-6-4-5-7-14(12)16-9-13-8-15-11-18(13)3/h4-8,11,16H,9-10H2,1-3H3. The van der Waals surface area contributed by atoms with E-state index in [0.717, 1.165) is 13.1 Å². The highest BCUT2D eigenvalue weighted by molar-refractivity contribution is 5.51. The van der Waals surface area contributed by atoms with E-state index in [-0.39, 0.29) is 0 Å². The number of hydrogen-bond donors (Lipinski definition) is 1. The van der Waals surface area contributed by atoms with Gasteiger partial charge in [0.05, 0.1) is 18.6 Å². The highest BCUT2D eigenvalue weighted by Crippen LogP contribution is 2.17. The van der Waals surface area contributed by atoms with Crippen molar-refractivity contribution >= 4 is 5.69 Å². The maximum Gasteiger partial charge on any atom is 0.0946 e. The molecule has 0 atom stereocenters. The van der Waals surface area contributed by atoms with Crippen LogP contribution in [0.5, 0.6) is 0 Å². The molecule has 1 N–H and O–H groups in total. The Kier molecular flexibility index (Phi) is 3.99. The Bertz CT molecular complexity index is 502. The highest BCUT2D eigenvalue weighted by Gasteiger charge is 2.04. The van der Waals surface area contributed by atoms with E-state index in [2.05, 4.69) is 53.6 Å². The molecule has 2 rings (SSSR count). The molecule has 1 heterocycles. The Morgan fingerprint density at radius 2 is 2.06 bits per heavy atom. The van der Waals surface area contributed by atoms with Crippen LogP contribution in [-0.2, 0) is 20.1 Å². The van der Waals surface area contributed by atoms with Crippen LogP contribution in [0.15, 0.2) is 36.8 Å². The lowest BCUT2D eigenvalue weighted by Gasteiger charge is -2.15. The second-order valence-corrected chi connectivity index (χ2v) is 4.74. The quantitative estimate of drug-likeness (QED) is 0.874. The number of rotatable bonds is 5. The van der Waals surface area contributed by atoms with Crippen molar-refractivity contribution in [2.75, 3.05) is 19.4 Å². The van der Waals surface area contributed by atoms with E-state index in [1.165, 1.54) is 16.9 Å². The average Bonchev–Trinajstić information content (AvgIpc) is 2.73. The van der Waals surface area contributed by atoms with E-state index in [0.29, 0.717) is 0 Å². The van der Waals surface area contributed by atoms with Crippen molar-refractivity contribution in [3.8, 4) is 0 Å². The van der Waals surface area contributed by atoms with Gasteiger partial charge in [-0.25, -0.2) is 4.98 Å². The molecule has 0 radical (unpaired) electrons. The van der Waals surface area contributed by atoms with Crippen molar-refractivity contribution in [3.63, 3.8) is 0 Å². The molecule has 0 saturated carbocycles. The van der Waals surface area contributed by atoms with E-state index < -0.39 is 0 Å². The lowest BCUT2D eigenvalue weighted by molar-refractivity contribution is 0.403. The van der Waals surface area contributed by atoms with E-state index >= 15 is 0 Å². The molecule has 1 aromatic heterocycles. The summed E-state index contributed by atoms with van der Waals surface area (Å²) in [5, 5.41) is 3.47. The minimum absolute atomic E-state index is 0.793. The van der Waals surface area contributed by atoms with Crippen LogP contribution in [0.25, 0.3) is 0 Å². The van der Waals surface area contributed by atoms with Crippen LogP contribution in [-0.4, -0.2) is 28.5 Å². The number of para-hydroxylation sites is 1. The van der Waals surface area contributed by atoms with Gasteiger partial charge in [0.25, 0.3) is 0 Å². The summed E-state index contributed by atoms with van der Waals surface area (Å²) in [7, 11) is 6.17. The second-order valence-electron chi connectivity index (χ2n) is 4.74. The monoisotopic (exact) mass is 244 g/mol. The van der Waals surface area contributed by atoms with Crippen LogP contribution in [0.4, 0.5) is 5.69 Å². The molecule has 4 heteroatoms. The molecule has 0 bridgehead atoms. The van der Waals surface area contributed by atoms with Crippen LogP contribution in [0, 0.1) is 0 Å². The molecule has 1 aromatic carbocycles. The Morgan fingerprint density at radius 1 is 1.28 bits per heavy atom. The molecule has 0 fully saturated rings. The van der Waals surface area contributed by atoms with Gasteiger partial charge in [-0.05, 0) is 25.7 Å². The van der Waals surface area contributed by atoms with Crippen LogP contribution in [0.2, 0.25) is 0 Å². The third kappa shape index (κ3) is 3.11. The molecular formula is C14H20N4. The van der Waals surface area contributed by atoms with Gasteiger partial charge >= 0.3 is 0 Å². The van der Waals surface area contributed by atoms with E-state index in [1.54, 1.807) is 0 Å². The fraction of sp³-hybridized carbons (Fsp3) is 0.357. The number of nitrogens with one attached hydrogen (secondary N) is 1. The van der Waals surface area contributed by atoms with Gasteiger partial charge < -0.3 is 14.8 Å². The van der Waals surface area contributed by atoms with Crippen LogP contribution < -0.4 is 5.32 Å². The minimum Gasteiger partial charge on any atom is -0.379 e. The molecule has 0 spiro atoms. The molecule has 0 aliphatic carbocycles. The first kappa shape index (κ1) is 12.6. The number of aromatic nitrogens is 2. The first-order valence-corrected chi connectivity index (χ1v) is 6.08. The number of aryl methyl sites for hydroxylation is 1. The highest BCUT2D eigenvalue weighted by atomic mass is 15.1. The summed E-state index contributed by atoms with van der Waals surface area (Å²) in [6.07, 6.45) is 3.71. The van der Waals surface area contributed by atoms with Crippen molar-refractivity contribution in [1.82, 2.24) is 14.5 Å².